The largest absolute Gasteiger partial charge is 0.382 e. The van der Waals surface area contributed by atoms with Gasteiger partial charge in [0.1, 0.15) is 0 Å². The number of hydrogen-bond donors (Lipinski definition) is 5. The molecule has 15 heteroatoms. The zero-order chi connectivity index (χ0) is 27.4. The summed E-state index contributed by atoms with van der Waals surface area (Å²) in [5.41, 5.74) is 11.4. The highest BCUT2D eigenvalue weighted by Gasteiger charge is 2.40. The number of carbonyl (C=O) groups excluding carboxylic acids is 3. The summed E-state index contributed by atoms with van der Waals surface area (Å²) in [7, 11) is 3.40. The number of benzene rings is 1. The van der Waals surface area contributed by atoms with Gasteiger partial charge in [-0.2, -0.15) is 0 Å². The van der Waals surface area contributed by atoms with E-state index >= 15 is 0 Å². The SMILES string of the molecule is CN(C)C(=O)CNSc1cccc(C(=O)N2CCC3(CC2)CN=C(NC(=O)c2nc(Cl)c(N)nc2N)N3)c1. The molecule has 202 valence electrons. The van der Waals surface area contributed by atoms with E-state index in [1.165, 1.54) is 16.8 Å². The predicted octanol–water partition coefficient (Wildman–Crippen LogP) is 0.343. The summed E-state index contributed by atoms with van der Waals surface area (Å²) in [5.74, 6) is -0.596. The Morgan fingerprint density at radius 1 is 1.18 bits per heavy atom. The molecular formula is C23H29ClN10O3S. The lowest BCUT2D eigenvalue weighted by molar-refractivity contribution is -0.127. The van der Waals surface area contributed by atoms with E-state index in [0.29, 0.717) is 44.0 Å². The predicted molar refractivity (Wildman–Crippen MR) is 146 cm³/mol. The third-order valence-electron chi connectivity index (χ3n) is 6.28. The maximum atomic E-state index is 13.2. The molecule has 1 fully saturated rings. The first-order chi connectivity index (χ1) is 18.1. The summed E-state index contributed by atoms with van der Waals surface area (Å²) >= 11 is 7.18. The second-order valence-corrected chi connectivity index (χ2v) is 10.5. The lowest BCUT2D eigenvalue weighted by Gasteiger charge is -2.39. The quantitative estimate of drug-likeness (QED) is 0.309. The fraction of sp³-hybridized carbons (Fsp3) is 0.391. The monoisotopic (exact) mass is 560 g/mol. The van der Waals surface area contributed by atoms with Gasteiger partial charge in [-0.05, 0) is 43.0 Å². The van der Waals surface area contributed by atoms with Crippen molar-refractivity contribution in [3.05, 3.63) is 40.7 Å². The van der Waals surface area contributed by atoms with Gasteiger partial charge < -0.3 is 26.6 Å². The number of rotatable bonds is 6. The summed E-state index contributed by atoms with van der Waals surface area (Å²) in [4.78, 5) is 53.8. The molecule has 13 nitrogen and oxygen atoms in total. The molecule has 38 heavy (non-hydrogen) atoms. The van der Waals surface area contributed by atoms with E-state index < -0.39 is 5.91 Å². The number of piperidine rings is 1. The summed E-state index contributed by atoms with van der Waals surface area (Å²) in [6.45, 7) is 1.71. The second-order valence-electron chi connectivity index (χ2n) is 9.19. The highest BCUT2D eigenvalue weighted by Crippen LogP contribution is 2.27. The molecule has 3 amide bonds. The summed E-state index contributed by atoms with van der Waals surface area (Å²) < 4.78 is 3.02. The van der Waals surface area contributed by atoms with Crippen molar-refractivity contribution in [1.82, 2.24) is 35.1 Å². The Bertz CT molecular complexity index is 1280. The Hall–Kier alpha value is -3.62. The van der Waals surface area contributed by atoms with Gasteiger partial charge in [0, 0.05) is 37.6 Å². The van der Waals surface area contributed by atoms with Crippen molar-refractivity contribution in [2.75, 3.05) is 51.7 Å². The lowest BCUT2D eigenvalue weighted by atomic mass is 9.88. The van der Waals surface area contributed by atoms with E-state index in [9.17, 15) is 14.4 Å². The van der Waals surface area contributed by atoms with Crippen molar-refractivity contribution in [1.29, 1.82) is 0 Å². The molecule has 2 aliphatic rings. The zero-order valence-corrected chi connectivity index (χ0v) is 22.5. The third kappa shape index (κ3) is 6.26. The van der Waals surface area contributed by atoms with Crippen molar-refractivity contribution in [2.45, 2.75) is 23.3 Å². The molecule has 1 saturated heterocycles. The molecule has 0 aliphatic carbocycles. The fourth-order valence-electron chi connectivity index (χ4n) is 4.04. The summed E-state index contributed by atoms with van der Waals surface area (Å²) in [5, 5.41) is 5.84. The molecule has 7 N–H and O–H groups in total. The molecule has 0 unspecified atom stereocenters. The number of guanidine groups is 1. The van der Waals surface area contributed by atoms with Crippen LogP contribution < -0.4 is 26.8 Å². The van der Waals surface area contributed by atoms with Crippen LogP contribution in [0.4, 0.5) is 11.6 Å². The van der Waals surface area contributed by atoms with Gasteiger partial charge in [0.2, 0.25) is 5.91 Å². The number of likely N-dealkylation sites (tertiary alicyclic amines) is 1. The maximum absolute atomic E-state index is 13.2. The van der Waals surface area contributed by atoms with Crippen molar-refractivity contribution in [3.63, 3.8) is 0 Å². The number of aromatic nitrogens is 2. The highest BCUT2D eigenvalue weighted by atomic mass is 35.5. The molecule has 2 aromatic rings. The number of nitrogen functional groups attached to an aromatic ring is 2. The van der Waals surface area contributed by atoms with Gasteiger partial charge in [0.15, 0.2) is 28.4 Å². The van der Waals surface area contributed by atoms with Crippen LogP contribution in [0, 0.1) is 0 Å². The van der Waals surface area contributed by atoms with Crippen molar-refractivity contribution < 1.29 is 14.4 Å². The van der Waals surface area contributed by atoms with Gasteiger partial charge in [0.05, 0.1) is 18.6 Å². The molecule has 4 rings (SSSR count). The minimum Gasteiger partial charge on any atom is -0.382 e. The van der Waals surface area contributed by atoms with Crippen LogP contribution in [0.2, 0.25) is 5.15 Å². The molecular weight excluding hydrogens is 532 g/mol. The van der Waals surface area contributed by atoms with E-state index in [-0.39, 0.29) is 46.4 Å². The van der Waals surface area contributed by atoms with E-state index in [4.69, 9.17) is 23.1 Å². The molecule has 0 atom stereocenters. The number of nitrogens with one attached hydrogen (secondary N) is 3. The molecule has 3 heterocycles. The summed E-state index contributed by atoms with van der Waals surface area (Å²) in [6, 6.07) is 7.30. The summed E-state index contributed by atoms with van der Waals surface area (Å²) in [6.07, 6.45) is 1.31. The van der Waals surface area contributed by atoms with Crippen molar-refractivity contribution >= 4 is 58.9 Å². The number of aliphatic imine (C=N–C) groups is 1. The first kappa shape index (κ1) is 27.4. The van der Waals surface area contributed by atoms with E-state index in [2.05, 4.69) is 30.3 Å². The number of amides is 3. The van der Waals surface area contributed by atoms with Gasteiger partial charge in [-0.15, -0.1) is 0 Å². The number of likely N-dealkylation sites (N-methyl/N-ethyl adjacent to an activating group) is 1. The van der Waals surface area contributed by atoms with E-state index in [1.807, 2.05) is 23.1 Å². The average molecular weight is 561 g/mol. The van der Waals surface area contributed by atoms with E-state index in [1.54, 1.807) is 20.2 Å². The molecule has 0 radical (unpaired) electrons. The Labute approximate surface area is 228 Å². The minimum atomic E-state index is -0.605. The second kappa shape index (κ2) is 11.4. The van der Waals surface area contributed by atoms with Crippen LogP contribution in [0.1, 0.15) is 33.7 Å². The highest BCUT2D eigenvalue weighted by molar-refractivity contribution is 7.97. The van der Waals surface area contributed by atoms with Gasteiger partial charge in [0.25, 0.3) is 11.8 Å². The van der Waals surface area contributed by atoms with Crippen LogP contribution in [-0.2, 0) is 4.79 Å². The Kier molecular flexibility index (Phi) is 8.23. The first-order valence-corrected chi connectivity index (χ1v) is 13.0. The van der Waals surface area contributed by atoms with Crippen LogP contribution >= 0.6 is 23.5 Å². The van der Waals surface area contributed by atoms with Gasteiger partial charge in [-0.25, -0.2) is 9.97 Å². The molecule has 1 aromatic carbocycles. The Balaban J connectivity index is 1.29. The van der Waals surface area contributed by atoms with Gasteiger partial charge in [-0.1, -0.05) is 17.7 Å². The molecule has 0 saturated carbocycles. The van der Waals surface area contributed by atoms with Crippen LogP contribution in [0.15, 0.2) is 34.2 Å². The van der Waals surface area contributed by atoms with Crippen LogP contribution in [0.3, 0.4) is 0 Å². The van der Waals surface area contributed by atoms with Crippen LogP contribution in [0.5, 0.6) is 0 Å². The molecule has 1 spiro atoms. The molecule has 0 bridgehead atoms. The topological polar surface area (TPSA) is 184 Å². The lowest BCUT2D eigenvalue weighted by Crippen LogP contribution is -2.57. The van der Waals surface area contributed by atoms with Crippen molar-refractivity contribution in [2.24, 2.45) is 4.99 Å². The molecule has 2 aliphatic heterocycles. The normalized spacial score (nSPS) is 16.1. The average Bonchev–Trinajstić information content (AvgIpc) is 3.27. The van der Waals surface area contributed by atoms with Gasteiger partial charge in [-0.3, -0.25) is 29.4 Å². The number of nitrogens with two attached hydrogens (primary N) is 2. The zero-order valence-electron chi connectivity index (χ0n) is 21.0. The smallest absolute Gasteiger partial charge is 0.280 e. The van der Waals surface area contributed by atoms with Gasteiger partial charge >= 0.3 is 0 Å². The number of hydrogen-bond acceptors (Lipinski definition) is 11. The third-order valence-corrected chi connectivity index (χ3v) is 7.33. The fourth-order valence-corrected chi connectivity index (χ4v) is 4.86. The number of nitrogens with zero attached hydrogens (tertiary/aromatic N) is 5. The first-order valence-electron chi connectivity index (χ1n) is 11.8. The van der Waals surface area contributed by atoms with E-state index in [0.717, 1.165) is 4.90 Å². The Morgan fingerprint density at radius 2 is 1.92 bits per heavy atom. The maximum Gasteiger partial charge on any atom is 0.280 e. The van der Waals surface area contributed by atoms with Crippen LogP contribution in [-0.4, -0.2) is 89.3 Å². The number of halogens is 1. The Morgan fingerprint density at radius 3 is 2.63 bits per heavy atom. The van der Waals surface area contributed by atoms with Crippen LogP contribution in [0.25, 0.3) is 0 Å². The minimum absolute atomic E-state index is 0.0355. The number of anilines is 2. The number of carbonyl (C=O) groups is 3. The standard InChI is InChI=1S/C23H29ClN10O3S/c1-33(2)15(35)11-28-38-14-5-3-4-13(10-14)21(37)34-8-6-23(7-9-34)12-27-22(32-23)31-20(36)16-18(25)30-19(26)17(24)29-16/h3-5,10,28H,6-9,11-12H2,1-2H3,(H4,25,26,30)(H2,27,31,32,36). The van der Waals surface area contributed by atoms with Crippen molar-refractivity contribution in [3.8, 4) is 0 Å². The molecule has 1 aromatic heterocycles.